The molecule has 114 valence electrons. The van der Waals surface area contributed by atoms with Crippen LogP contribution in [0, 0.1) is 12.7 Å². The fourth-order valence-corrected chi connectivity index (χ4v) is 2.53. The Hall–Kier alpha value is -1.68. The summed E-state index contributed by atoms with van der Waals surface area (Å²) in [5, 5.41) is 4.54. The van der Waals surface area contributed by atoms with Crippen molar-refractivity contribution in [3.63, 3.8) is 0 Å². The van der Waals surface area contributed by atoms with E-state index < -0.39 is 5.54 Å². The van der Waals surface area contributed by atoms with Crippen molar-refractivity contribution >= 4 is 0 Å². The minimum atomic E-state index is -0.619. The Balaban J connectivity index is 2.31. The van der Waals surface area contributed by atoms with Crippen molar-refractivity contribution in [2.24, 2.45) is 5.73 Å². The van der Waals surface area contributed by atoms with Gasteiger partial charge in [-0.15, -0.1) is 0 Å². The topological polar surface area (TPSA) is 43.8 Å². The molecular weight excluding hydrogens is 265 g/mol. The Morgan fingerprint density at radius 3 is 2.57 bits per heavy atom. The SMILES string of the molecule is CCc1cc(CC(C)(N)c2ccc(C)c(F)c2)n(CC)n1. The van der Waals surface area contributed by atoms with Crippen molar-refractivity contribution in [3.8, 4) is 0 Å². The van der Waals surface area contributed by atoms with Crippen LogP contribution in [0.3, 0.4) is 0 Å². The predicted molar refractivity (Wildman–Crippen MR) is 83.7 cm³/mol. The number of aromatic nitrogens is 2. The van der Waals surface area contributed by atoms with Gasteiger partial charge < -0.3 is 5.73 Å². The highest BCUT2D eigenvalue weighted by Gasteiger charge is 2.24. The molecule has 3 nitrogen and oxygen atoms in total. The first kappa shape index (κ1) is 15.7. The summed E-state index contributed by atoms with van der Waals surface area (Å²) >= 11 is 0. The molecule has 21 heavy (non-hydrogen) atoms. The second-order valence-electron chi connectivity index (χ2n) is 5.85. The Labute approximate surface area is 126 Å². The van der Waals surface area contributed by atoms with Gasteiger partial charge in [0.2, 0.25) is 0 Å². The monoisotopic (exact) mass is 289 g/mol. The maximum atomic E-state index is 13.8. The molecule has 1 atom stereocenters. The molecule has 0 aliphatic rings. The lowest BCUT2D eigenvalue weighted by Crippen LogP contribution is -2.36. The molecule has 1 unspecified atom stereocenters. The van der Waals surface area contributed by atoms with E-state index in [1.165, 1.54) is 0 Å². The van der Waals surface area contributed by atoms with Crippen molar-refractivity contribution in [1.82, 2.24) is 9.78 Å². The van der Waals surface area contributed by atoms with Gasteiger partial charge in [0.25, 0.3) is 0 Å². The lowest BCUT2D eigenvalue weighted by molar-refractivity contribution is 0.460. The van der Waals surface area contributed by atoms with E-state index >= 15 is 0 Å². The number of aryl methyl sites for hydroxylation is 3. The molecule has 0 aliphatic carbocycles. The Kier molecular flexibility index (Phi) is 4.47. The largest absolute Gasteiger partial charge is 0.321 e. The van der Waals surface area contributed by atoms with E-state index in [4.69, 9.17) is 5.73 Å². The van der Waals surface area contributed by atoms with Crippen LogP contribution >= 0.6 is 0 Å². The number of nitrogens with zero attached hydrogens (tertiary/aromatic N) is 2. The first-order valence-corrected chi connectivity index (χ1v) is 7.48. The van der Waals surface area contributed by atoms with Crippen LogP contribution in [-0.2, 0) is 24.9 Å². The number of hydrogen-bond donors (Lipinski definition) is 1. The molecule has 1 aromatic carbocycles. The quantitative estimate of drug-likeness (QED) is 0.917. The lowest BCUT2D eigenvalue weighted by Gasteiger charge is -2.26. The van der Waals surface area contributed by atoms with Crippen molar-refractivity contribution in [1.29, 1.82) is 0 Å². The number of rotatable bonds is 5. The normalized spacial score (nSPS) is 14.2. The molecule has 0 amide bonds. The van der Waals surface area contributed by atoms with E-state index in [0.29, 0.717) is 12.0 Å². The van der Waals surface area contributed by atoms with E-state index in [1.807, 2.05) is 17.7 Å². The average Bonchev–Trinajstić information content (AvgIpc) is 2.83. The van der Waals surface area contributed by atoms with Crippen LogP contribution in [0.5, 0.6) is 0 Å². The van der Waals surface area contributed by atoms with Crippen LogP contribution in [-0.4, -0.2) is 9.78 Å². The van der Waals surface area contributed by atoms with E-state index in [2.05, 4.69) is 25.0 Å². The van der Waals surface area contributed by atoms with Crippen molar-refractivity contribution in [2.45, 2.75) is 52.6 Å². The molecule has 0 aliphatic heterocycles. The van der Waals surface area contributed by atoms with Crippen LogP contribution in [0.15, 0.2) is 24.3 Å². The molecular formula is C17H24FN3. The van der Waals surface area contributed by atoms with E-state index in [9.17, 15) is 4.39 Å². The zero-order valence-electron chi connectivity index (χ0n) is 13.3. The average molecular weight is 289 g/mol. The van der Waals surface area contributed by atoms with Gasteiger partial charge in [0.05, 0.1) is 5.69 Å². The number of halogens is 1. The molecule has 4 heteroatoms. The smallest absolute Gasteiger partial charge is 0.126 e. The summed E-state index contributed by atoms with van der Waals surface area (Å²) in [6.07, 6.45) is 1.54. The van der Waals surface area contributed by atoms with Crippen molar-refractivity contribution in [3.05, 3.63) is 52.6 Å². The molecule has 0 saturated carbocycles. The van der Waals surface area contributed by atoms with Gasteiger partial charge in [0, 0.05) is 24.2 Å². The molecule has 0 spiro atoms. The fourth-order valence-electron chi connectivity index (χ4n) is 2.53. The number of nitrogens with two attached hydrogens (primary N) is 1. The summed E-state index contributed by atoms with van der Waals surface area (Å²) < 4.78 is 15.8. The van der Waals surface area contributed by atoms with Gasteiger partial charge in [-0.3, -0.25) is 4.68 Å². The van der Waals surface area contributed by atoms with Crippen molar-refractivity contribution < 1.29 is 4.39 Å². The van der Waals surface area contributed by atoms with Crippen LogP contribution in [0.2, 0.25) is 0 Å². The fraction of sp³-hybridized carbons (Fsp3) is 0.471. The molecule has 2 N–H and O–H groups in total. The summed E-state index contributed by atoms with van der Waals surface area (Å²) in [5.41, 5.74) is 9.45. The number of benzene rings is 1. The summed E-state index contributed by atoms with van der Waals surface area (Å²) in [7, 11) is 0. The lowest BCUT2D eigenvalue weighted by atomic mass is 9.87. The first-order valence-electron chi connectivity index (χ1n) is 7.48. The second-order valence-corrected chi connectivity index (χ2v) is 5.85. The molecule has 1 aromatic heterocycles. The highest BCUT2D eigenvalue weighted by molar-refractivity contribution is 5.30. The molecule has 0 radical (unpaired) electrons. The zero-order valence-corrected chi connectivity index (χ0v) is 13.3. The van der Waals surface area contributed by atoms with Gasteiger partial charge in [-0.05, 0) is 50.5 Å². The zero-order chi connectivity index (χ0) is 15.6. The van der Waals surface area contributed by atoms with Crippen LogP contribution in [0.25, 0.3) is 0 Å². The van der Waals surface area contributed by atoms with Crippen LogP contribution in [0.4, 0.5) is 4.39 Å². The maximum absolute atomic E-state index is 13.8. The van der Waals surface area contributed by atoms with Gasteiger partial charge in [-0.2, -0.15) is 5.10 Å². The van der Waals surface area contributed by atoms with Gasteiger partial charge in [0.15, 0.2) is 0 Å². The highest BCUT2D eigenvalue weighted by atomic mass is 19.1. The Bertz CT molecular complexity index is 629. The molecule has 0 saturated heterocycles. The van der Waals surface area contributed by atoms with E-state index in [1.54, 1.807) is 19.1 Å². The Morgan fingerprint density at radius 1 is 1.29 bits per heavy atom. The third-order valence-corrected chi connectivity index (χ3v) is 3.96. The third kappa shape index (κ3) is 3.32. The third-order valence-electron chi connectivity index (χ3n) is 3.96. The molecule has 0 bridgehead atoms. The predicted octanol–water partition coefficient (Wildman–Crippen LogP) is 3.33. The van der Waals surface area contributed by atoms with E-state index in [0.717, 1.165) is 29.9 Å². The van der Waals surface area contributed by atoms with Crippen LogP contribution < -0.4 is 5.73 Å². The molecule has 2 rings (SSSR count). The minimum Gasteiger partial charge on any atom is -0.321 e. The number of hydrogen-bond acceptors (Lipinski definition) is 2. The van der Waals surface area contributed by atoms with Crippen LogP contribution in [0.1, 0.15) is 43.3 Å². The summed E-state index contributed by atoms with van der Waals surface area (Å²) in [6, 6.07) is 7.33. The van der Waals surface area contributed by atoms with Crippen molar-refractivity contribution in [2.75, 3.05) is 0 Å². The molecule has 2 aromatic rings. The summed E-state index contributed by atoms with van der Waals surface area (Å²) in [6.45, 7) is 8.66. The minimum absolute atomic E-state index is 0.206. The maximum Gasteiger partial charge on any atom is 0.126 e. The summed E-state index contributed by atoms with van der Waals surface area (Å²) in [4.78, 5) is 0. The molecule has 0 fully saturated rings. The van der Waals surface area contributed by atoms with Gasteiger partial charge in [-0.25, -0.2) is 4.39 Å². The highest BCUT2D eigenvalue weighted by Crippen LogP contribution is 2.25. The van der Waals surface area contributed by atoms with Gasteiger partial charge >= 0.3 is 0 Å². The van der Waals surface area contributed by atoms with E-state index in [-0.39, 0.29) is 5.82 Å². The second kappa shape index (κ2) is 5.98. The first-order chi connectivity index (χ1) is 9.87. The van der Waals surface area contributed by atoms with Gasteiger partial charge in [-0.1, -0.05) is 19.1 Å². The van der Waals surface area contributed by atoms with Gasteiger partial charge in [0.1, 0.15) is 5.82 Å². The standard InChI is InChI=1S/C17H24FN3/c1-5-14-10-15(21(6-2)20-14)11-17(4,19)13-8-7-12(3)16(18)9-13/h7-10H,5-6,11,19H2,1-4H3. The Morgan fingerprint density at radius 2 is 2.00 bits per heavy atom. The summed E-state index contributed by atoms with van der Waals surface area (Å²) in [5.74, 6) is -0.206. The molecule has 1 heterocycles.